The van der Waals surface area contributed by atoms with Crippen LogP contribution in [0.1, 0.15) is 24.0 Å². The van der Waals surface area contributed by atoms with E-state index in [4.69, 9.17) is 5.11 Å². The molecule has 0 saturated heterocycles. The summed E-state index contributed by atoms with van der Waals surface area (Å²) in [6.07, 6.45) is 0.737. The maximum Gasteiger partial charge on any atom is 0.306 e. The van der Waals surface area contributed by atoms with E-state index in [1.54, 1.807) is 12.1 Å². The number of aliphatic carboxylic acids is 1. The maximum absolute atomic E-state index is 10.6. The third kappa shape index (κ3) is 1.68. The summed E-state index contributed by atoms with van der Waals surface area (Å²) in [4.78, 5) is 10.6. The average molecular weight is 208 g/mol. The van der Waals surface area contributed by atoms with Gasteiger partial charge in [0, 0.05) is 0 Å². The number of aryl methyl sites for hydroxylation is 1. The molecule has 0 spiro atoms. The summed E-state index contributed by atoms with van der Waals surface area (Å²) in [6.45, 7) is 0. The number of hydrogen-bond donors (Lipinski definition) is 3. The molecule has 0 heterocycles. The number of aliphatic hydroxyl groups is 1. The number of carbonyl (C=O) groups is 1. The van der Waals surface area contributed by atoms with Gasteiger partial charge < -0.3 is 15.3 Å². The van der Waals surface area contributed by atoms with E-state index in [1.807, 2.05) is 0 Å². The fraction of sp³-hybridized carbons (Fsp3) is 0.364. The van der Waals surface area contributed by atoms with Crippen molar-refractivity contribution in [3.63, 3.8) is 0 Å². The van der Waals surface area contributed by atoms with Crippen LogP contribution in [0.2, 0.25) is 0 Å². The number of benzene rings is 1. The minimum atomic E-state index is -1.32. The molecule has 1 unspecified atom stereocenters. The number of carboxylic acid groups (broad SMARTS) is 1. The number of aromatic hydroxyl groups is 1. The smallest absolute Gasteiger partial charge is 0.306 e. The highest BCUT2D eigenvalue weighted by molar-refractivity contribution is 5.69. The van der Waals surface area contributed by atoms with Gasteiger partial charge in [-0.3, -0.25) is 4.79 Å². The lowest BCUT2D eigenvalue weighted by Gasteiger charge is -2.21. The molecule has 3 N–H and O–H groups in total. The van der Waals surface area contributed by atoms with E-state index in [0.29, 0.717) is 18.4 Å². The minimum absolute atomic E-state index is 0.0551. The third-order valence-corrected chi connectivity index (χ3v) is 2.85. The molecule has 0 aromatic heterocycles. The van der Waals surface area contributed by atoms with Gasteiger partial charge in [-0.15, -0.1) is 0 Å². The molecule has 4 nitrogen and oxygen atoms in total. The molecule has 1 aliphatic rings. The lowest BCUT2D eigenvalue weighted by Crippen LogP contribution is -2.25. The van der Waals surface area contributed by atoms with Crippen molar-refractivity contribution in [3.05, 3.63) is 29.3 Å². The summed E-state index contributed by atoms with van der Waals surface area (Å²) in [7, 11) is 0. The van der Waals surface area contributed by atoms with Crippen LogP contribution in [0, 0.1) is 0 Å². The largest absolute Gasteiger partial charge is 0.508 e. The van der Waals surface area contributed by atoms with E-state index < -0.39 is 11.6 Å². The highest BCUT2D eigenvalue weighted by atomic mass is 16.4. The molecule has 0 amide bonds. The van der Waals surface area contributed by atoms with Crippen molar-refractivity contribution >= 4 is 5.97 Å². The Bertz CT molecular complexity index is 413. The van der Waals surface area contributed by atoms with E-state index >= 15 is 0 Å². The number of carboxylic acids is 1. The molecule has 0 fully saturated rings. The second kappa shape index (κ2) is 3.24. The zero-order chi connectivity index (χ0) is 11.1. The lowest BCUT2D eigenvalue weighted by atomic mass is 9.92. The molecular weight excluding hydrogens is 196 g/mol. The van der Waals surface area contributed by atoms with E-state index in [0.717, 1.165) is 5.56 Å². The van der Waals surface area contributed by atoms with Gasteiger partial charge in [-0.2, -0.15) is 0 Å². The Morgan fingerprint density at radius 1 is 1.47 bits per heavy atom. The van der Waals surface area contributed by atoms with Crippen LogP contribution in [0.25, 0.3) is 0 Å². The predicted molar refractivity (Wildman–Crippen MR) is 52.6 cm³/mol. The first-order valence-corrected chi connectivity index (χ1v) is 4.78. The molecule has 0 bridgehead atoms. The first-order chi connectivity index (χ1) is 7.01. The molecule has 80 valence electrons. The highest BCUT2D eigenvalue weighted by Crippen LogP contribution is 2.40. The summed E-state index contributed by atoms with van der Waals surface area (Å²) in [6, 6.07) is 4.72. The van der Waals surface area contributed by atoms with Gasteiger partial charge >= 0.3 is 5.97 Å². The first-order valence-electron chi connectivity index (χ1n) is 4.78. The van der Waals surface area contributed by atoms with Crippen LogP contribution in [-0.4, -0.2) is 21.3 Å². The van der Waals surface area contributed by atoms with Crippen molar-refractivity contribution < 1.29 is 20.1 Å². The molecule has 1 aromatic rings. The zero-order valence-electron chi connectivity index (χ0n) is 8.10. The molecule has 0 aliphatic heterocycles. The van der Waals surface area contributed by atoms with Crippen molar-refractivity contribution in [1.82, 2.24) is 0 Å². The summed E-state index contributed by atoms with van der Waals surface area (Å²) in [5.74, 6) is -0.979. The molecule has 15 heavy (non-hydrogen) atoms. The Labute approximate surface area is 86.8 Å². The van der Waals surface area contributed by atoms with Crippen molar-refractivity contribution in [2.75, 3.05) is 0 Å². The second-order valence-electron chi connectivity index (χ2n) is 3.94. The van der Waals surface area contributed by atoms with Gasteiger partial charge in [-0.25, -0.2) is 0 Å². The quantitative estimate of drug-likeness (QED) is 0.677. The van der Waals surface area contributed by atoms with Crippen LogP contribution in [0.15, 0.2) is 18.2 Å². The van der Waals surface area contributed by atoms with Gasteiger partial charge in [-0.1, -0.05) is 6.07 Å². The van der Waals surface area contributed by atoms with E-state index in [1.165, 1.54) is 6.07 Å². The first kappa shape index (κ1) is 9.98. The summed E-state index contributed by atoms with van der Waals surface area (Å²) in [5, 5.41) is 28.2. The summed E-state index contributed by atoms with van der Waals surface area (Å²) >= 11 is 0. The SMILES string of the molecule is O=C(O)CC1(O)CCc2ccc(O)cc21. The summed E-state index contributed by atoms with van der Waals surface area (Å²) < 4.78 is 0. The fourth-order valence-corrected chi connectivity index (χ4v) is 2.13. The van der Waals surface area contributed by atoms with Crippen LogP contribution < -0.4 is 0 Å². The van der Waals surface area contributed by atoms with Crippen LogP contribution in [0.5, 0.6) is 5.75 Å². The Balaban J connectivity index is 2.41. The Morgan fingerprint density at radius 3 is 2.87 bits per heavy atom. The maximum atomic E-state index is 10.6. The predicted octanol–water partition coefficient (Wildman–Crippen LogP) is 1.00. The van der Waals surface area contributed by atoms with Gasteiger partial charge in [0.25, 0.3) is 0 Å². The number of phenolic OH excluding ortho intramolecular Hbond substituents is 1. The topological polar surface area (TPSA) is 77.8 Å². The monoisotopic (exact) mass is 208 g/mol. The van der Waals surface area contributed by atoms with Crippen molar-refractivity contribution in [1.29, 1.82) is 0 Å². The van der Waals surface area contributed by atoms with Gasteiger partial charge in [0.1, 0.15) is 11.4 Å². The zero-order valence-corrected chi connectivity index (χ0v) is 8.10. The minimum Gasteiger partial charge on any atom is -0.508 e. The third-order valence-electron chi connectivity index (χ3n) is 2.85. The molecule has 0 saturated carbocycles. The van der Waals surface area contributed by atoms with E-state index in [2.05, 4.69) is 0 Å². The molecule has 4 heteroatoms. The lowest BCUT2D eigenvalue weighted by molar-refractivity contribution is -0.142. The normalized spacial score (nSPS) is 23.8. The van der Waals surface area contributed by atoms with Crippen molar-refractivity contribution in [2.45, 2.75) is 24.9 Å². The summed E-state index contributed by atoms with van der Waals surface area (Å²) in [5.41, 5.74) is 0.140. The van der Waals surface area contributed by atoms with Gasteiger partial charge in [0.15, 0.2) is 0 Å². The number of rotatable bonds is 2. The van der Waals surface area contributed by atoms with E-state index in [-0.39, 0.29) is 12.2 Å². The van der Waals surface area contributed by atoms with Gasteiger partial charge in [0.05, 0.1) is 6.42 Å². The van der Waals surface area contributed by atoms with Crippen LogP contribution >= 0.6 is 0 Å². The second-order valence-corrected chi connectivity index (χ2v) is 3.94. The van der Waals surface area contributed by atoms with Gasteiger partial charge in [-0.05, 0) is 36.1 Å². The molecule has 1 aliphatic carbocycles. The van der Waals surface area contributed by atoms with Crippen molar-refractivity contribution in [2.24, 2.45) is 0 Å². The number of fused-ring (bicyclic) bond motifs is 1. The van der Waals surface area contributed by atoms with Gasteiger partial charge in [0.2, 0.25) is 0 Å². The van der Waals surface area contributed by atoms with Crippen molar-refractivity contribution in [3.8, 4) is 5.75 Å². The molecule has 0 radical (unpaired) electrons. The Hall–Kier alpha value is -1.55. The average Bonchev–Trinajstić information content (AvgIpc) is 2.43. The van der Waals surface area contributed by atoms with Crippen LogP contribution in [-0.2, 0) is 16.8 Å². The molecule has 1 aromatic carbocycles. The number of hydrogen-bond acceptors (Lipinski definition) is 3. The molecule has 1 atom stereocenters. The highest BCUT2D eigenvalue weighted by Gasteiger charge is 2.38. The number of phenols is 1. The standard InChI is InChI=1S/C11H12O4/c12-8-2-1-7-3-4-11(15,6-10(13)14)9(7)5-8/h1-2,5,12,15H,3-4,6H2,(H,13,14). The van der Waals surface area contributed by atoms with E-state index in [9.17, 15) is 15.0 Å². The van der Waals surface area contributed by atoms with Crippen LogP contribution in [0.3, 0.4) is 0 Å². The molecule has 2 rings (SSSR count). The molecular formula is C11H12O4. The fourth-order valence-electron chi connectivity index (χ4n) is 2.13. The Kier molecular flexibility index (Phi) is 2.16. The Morgan fingerprint density at radius 2 is 2.20 bits per heavy atom. The van der Waals surface area contributed by atoms with Crippen LogP contribution in [0.4, 0.5) is 0 Å².